The highest BCUT2D eigenvalue weighted by Gasteiger charge is 2.22. The monoisotopic (exact) mass is 443 g/mol. The van der Waals surface area contributed by atoms with Gasteiger partial charge in [0, 0.05) is 11.1 Å². The number of nitrogens with zero attached hydrogens (tertiary/aromatic N) is 3. The fraction of sp³-hybridized carbons (Fsp3) is 0.190. The number of halogens is 1. The smallest absolute Gasteiger partial charge is 0.234 e. The topological polar surface area (TPSA) is 55.3 Å². The Bertz CT molecular complexity index is 1130. The molecule has 4 rings (SSSR count). The molecule has 0 spiro atoms. The van der Waals surface area contributed by atoms with Gasteiger partial charge in [-0.2, -0.15) is 0 Å². The average Bonchev–Trinajstić information content (AvgIpc) is 3.32. The third kappa shape index (κ3) is 4.75. The molecule has 8 heteroatoms. The van der Waals surface area contributed by atoms with Crippen LogP contribution in [-0.2, 0) is 17.8 Å². The summed E-state index contributed by atoms with van der Waals surface area (Å²) in [6, 6.07) is 15.1. The predicted octanol–water partition coefficient (Wildman–Crippen LogP) is 5.58. The first-order valence-corrected chi connectivity index (χ1v) is 11.1. The van der Waals surface area contributed by atoms with E-state index in [2.05, 4.69) is 4.98 Å². The average molecular weight is 444 g/mol. The molecular weight excluding hydrogens is 426 g/mol. The molecule has 0 saturated carbocycles. The number of carbonyl (C=O) groups excluding carboxylic acids is 1. The van der Waals surface area contributed by atoms with E-state index >= 15 is 0 Å². The lowest BCUT2D eigenvalue weighted by Crippen LogP contribution is -2.31. The number of carbonyl (C=O) groups is 1. The second kappa shape index (κ2) is 8.90. The highest BCUT2D eigenvalue weighted by atomic mass is 35.5. The van der Waals surface area contributed by atoms with Crippen LogP contribution < -0.4 is 9.64 Å². The third-order valence-corrected chi connectivity index (χ3v) is 6.46. The zero-order chi connectivity index (χ0) is 20.2. The predicted molar refractivity (Wildman–Crippen MR) is 119 cm³/mol. The number of thiazole rings is 1. The molecule has 3 aromatic heterocycles. The van der Waals surface area contributed by atoms with E-state index < -0.39 is 0 Å². The Balaban J connectivity index is 1.67. The lowest BCUT2D eigenvalue weighted by atomic mass is 10.3. The maximum atomic E-state index is 13.2. The van der Waals surface area contributed by atoms with Crippen molar-refractivity contribution in [2.75, 3.05) is 11.5 Å². The number of amides is 1. The Morgan fingerprint density at radius 2 is 2.07 bits per heavy atom. The summed E-state index contributed by atoms with van der Waals surface area (Å²) in [6.45, 7) is 2.91. The molecule has 4 aromatic rings. The van der Waals surface area contributed by atoms with Crippen molar-refractivity contribution in [3.8, 4) is 5.75 Å². The van der Waals surface area contributed by atoms with E-state index in [1.54, 1.807) is 11.1 Å². The zero-order valence-corrected chi connectivity index (χ0v) is 18.1. The lowest BCUT2D eigenvalue weighted by molar-refractivity contribution is -0.118. The standard InChI is InChI=1S/C21H18ClN3O2S2/c1-2-27-15-6-8-17-18(11-15)29-21(24-17)25(13-14-5-3-4-10-23-14)20(26)12-16-7-9-19(22)28-16/h3-11H,2,12-13H2,1H3. The number of benzene rings is 1. The number of anilines is 1. The van der Waals surface area contributed by atoms with Crippen LogP contribution in [0.2, 0.25) is 4.34 Å². The van der Waals surface area contributed by atoms with Crippen molar-refractivity contribution >= 4 is 55.5 Å². The van der Waals surface area contributed by atoms with Gasteiger partial charge >= 0.3 is 0 Å². The molecule has 1 amide bonds. The Kier molecular flexibility index (Phi) is 6.08. The maximum Gasteiger partial charge on any atom is 0.234 e. The summed E-state index contributed by atoms with van der Waals surface area (Å²) in [5.74, 6) is 0.754. The first-order valence-electron chi connectivity index (χ1n) is 9.10. The van der Waals surface area contributed by atoms with Crippen LogP contribution in [0, 0.1) is 0 Å². The van der Waals surface area contributed by atoms with E-state index in [1.165, 1.54) is 22.7 Å². The van der Waals surface area contributed by atoms with E-state index in [-0.39, 0.29) is 12.3 Å². The number of pyridine rings is 1. The fourth-order valence-corrected chi connectivity index (χ4v) is 4.96. The van der Waals surface area contributed by atoms with E-state index in [4.69, 9.17) is 21.3 Å². The van der Waals surface area contributed by atoms with Crippen molar-refractivity contribution in [1.82, 2.24) is 9.97 Å². The van der Waals surface area contributed by atoms with Crippen LogP contribution in [0.5, 0.6) is 5.75 Å². The molecule has 0 atom stereocenters. The van der Waals surface area contributed by atoms with Gasteiger partial charge in [0.1, 0.15) is 5.75 Å². The molecule has 0 radical (unpaired) electrons. The van der Waals surface area contributed by atoms with Gasteiger partial charge in [0.15, 0.2) is 5.13 Å². The summed E-state index contributed by atoms with van der Waals surface area (Å²) in [5.41, 5.74) is 1.64. The van der Waals surface area contributed by atoms with Gasteiger partial charge in [-0.25, -0.2) is 4.98 Å². The first kappa shape index (κ1) is 19.8. The highest BCUT2D eigenvalue weighted by Crippen LogP contribution is 2.33. The highest BCUT2D eigenvalue weighted by molar-refractivity contribution is 7.22. The molecule has 0 aliphatic carbocycles. The van der Waals surface area contributed by atoms with Gasteiger partial charge in [-0.1, -0.05) is 29.0 Å². The molecule has 0 saturated heterocycles. The first-order chi connectivity index (χ1) is 14.1. The molecule has 3 heterocycles. The Hall–Kier alpha value is -2.48. The quantitative estimate of drug-likeness (QED) is 0.374. The number of hydrogen-bond donors (Lipinski definition) is 0. The van der Waals surface area contributed by atoms with Gasteiger partial charge in [0.05, 0.1) is 39.8 Å². The van der Waals surface area contributed by atoms with Crippen molar-refractivity contribution in [2.45, 2.75) is 19.9 Å². The number of aromatic nitrogens is 2. The van der Waals surface area contributed by atoms with E-state index in [0.717, 1.165) is 26.5 Å². The molecule has 29 heavy (non-hydrogen) atoms. The maximum absolute atomic E-state index is 13.2. The molecule has 0 aliphatic heterocycles. The summed E-state index contributed by atoms with van der Waals surface area (Å²) in [7, 11) is 0. The molecule has 0 fully saturated rings. The van der Waals surface area contributed by atoms with E-state index in [1.807, 2.05) is 55.5 Å². The van der Waals surface area contributed by atoms with Crippen LogP contribution in [-0.4, -0.2) is 22.5 Å². The van der Waals surface area contributed by atoms with Gasteiger partial charge in [-0.3, -0.25) is 14.7 Å². The molecule has 0 unspecified atom stereocenters. The van der Waals surface area contributed by atoms with Crippen LogP contribution in [0.4, 0.5) is 5.13 Å². The van der Waals surface area contributed by atoms with Crippen LogP contribution in [0.15, 0.2) is 54.7 Å². The van der Waals surface area contributed by atoms with Crippen LogP contribution >= 0.6 is 34.3 Å². The van der Waals surface area contributed by atoms with Gasteiger partial charge in [-0.15, -0.1) is 11.3 Å². The number of rotatable bonds is 7. The zero-order valence-electron chi connectivity index (χ0n) is 15.7. The summed E-state index contributed by atoms with van der Waals surface area (Å²) in [5, 5.41) is 0.645. The van der Waals surface area contributed by atoms with E-state index in [9.17, 15) is 4.79 Å². The summed E-state index contributed by atoms with van der Waals surface area (Å²) < 4.78 is 7.23. The molecule has 5 nitrogen and oxygen atoms in total. The SMILES string of the molecule is CCOc1ccc2nc(N(Cc3ccccn3)C(=O)Cc3ccc(Cl)s3)sc2c1. The normalized spacial score (nSPS) is 11.0. The molecule has 0 aliphatic rings. The minimum absolute atomic E-state index is 0.0433. The van der Waals surface area contributed by atoms with Gasteiger partial charge < -0.3 is 4.74 Å². The van der Waals surface area contributed by atoms with Crippen molar-refractivity contribution in [1.29, 1.82) is 0 Å². The Labute approximate surface area is 181 Å². The lowest BCUT2D eigenvalue weighted by Gasteiger charge is -2.19. The van der Waals surface area contributed by atoms with Gasteiger partial charge in [0.2, 0.25) is 5.91 Å². The van der Waals surface area contributed by atoms with E-state index in [0.29, 0.717) is 22.6 Å². The van der Waals surface area contributed by atoms with Crippen LogP contribution in [0.1, 0.15) is 17.5 Å². The Morgan fingerprint density at radius 3 is 2.79 bits per heavy atom. The summed E-state index contributed by atoms with van der Waals surface area (Å²) in [6.07, 6.45) is 1.99. The van der Waals surface area contributed by atoms with Gasteiger partial charge in [0.25, 0.3) is 0 Å². The fourth-order valence-electron chi connectivity index (χ4n) is 2.87. The molecule has 1 aromatic carbocycles. The van der Waals surface area contributed by atoms with Crippen LogP contribution in [0.25, 0.3) is 10.2 Å². The van der Waals surface area contributed by atoms with Crippen molar-refractivity contribution < 1.29 is 9.53 Å². The van der Waals surface area contributed by atoms with Crippen LogP contribution in [0.3, 0.4) is 0 Å². The number of thiophene rings is 1. The number of fused-ring (bicyclic) bond motifs is 1. The molecule has 0 N–H and O–H groups in total. The Morgan fingerprint density at radius 1 is 1.17 bits per heavy atom. The minimum Gasteiger partial charge on any atom is -0.494 e. The molecule has 0 bridgehead atoms. The number of hydrogen-bond acceptors (Lipinski definition) is 6. The van der Waals surface area contributed by atoms with Gasteiger partial charge in [-0.05, 0) is 49.4 Å². The molecular formula is C21H18ClN3O2S2. The summed E-state index contributed by atoms with van der Waals surface area (Å²) >= 11 is 8.91. The largest absolute Gasteiger partial charge is 0.494 e. The second-order valence-electron chi connectivity index (χ2n) is 6.24. The van der Waals surface area contributed by atoms with Crippen molar-refractivity contribution in [3.05, 3.63) is 69.6 Å². The van der Waals surface area contributed by atoms with Crippen molar-refractivity contribution in [2.24, 2.45) is 0 Å². The third-order valence-electron chi connectivity index (χ3n) is 4.19. The minimum atomic E-state index is -0.0433. The summed E-state index contributed by atoms with van der Waals surface area (Å²) in [4.78, 5) is 24.9. The van der Waals surface area contributed by atoms with Crippen molar-refractivity contribution in [3.63, 3.8) is 0 Å². The second-order valence-corrected chi connectivity index (χ2v) is 9.05. The number of ether oxygens (including phenoxy) is 1. The molecule has 148 valence electrons.